The summed E-state index contributed by atoms with van der Waals surface area (Å²) in [6, 6.07) is 16.8. The Labute approximate surface area is 138 Å². The van der Waals surface area contributed by atoms with E-state index in [0.717, 1.165) is 22.3 Å². The highest BCUT2D eigenvalue weighted by Gasteiger charge is 2.38. The van der Waals surface area contributed by atoms with Crippen LogP contribution in [0.1, 0.15) is 11.6 Å². The largest absolute Gasteiger partial charge is 0.497 e. The zero-order valence-corrected chi connectivity index (χ0v) is 12.9. The number of amides is 1. The Bertz CT molecular complexity index is 969. The summed E-state index contributed by atoms with van der Waals surface area (Å²) in [7, 11) is 1.60. The molecule has 0 radical (unpaired) electrons. The van der Waals surface area contributed by atoms with E-state index in [0.29, 0.717) is 5.95 Å². The lowest BCUT2D eigenvalue weighted by Crippen LogP contribution is -2.37. The number of para-hydroxylation sites is 2. The molecule has 0 fully saturated rings. The maximum Gasteiger partial charge on any atom is 0.246 e. The molecule has 4 rings (SSSR count). The van der Waals surface area contributed by atoms with Crippen molar-refractivity contribution >= 4 is 22.9 Å². The Morgan fingerprint density at radius 2 is 1.96 bits per heavy atom. The topological polar surface area (TPSA) is 79.9 Å². The van der Waals surface area contributed by atoms with Gasteiger partial charge in [-0.15, -0.1) is 0 Å². The molecule has 0 aliphatic carbocycles. The lowest BCUT2D eigenvalue weighted by atomic mass is 9.91. The summed E-state index contributed by atoms with van der Waals surface area (Å²) in [4.78, 5) is 16.8. The lowest BCUT2D eigenvalue weighted by molar-refractivity contribution is -0.119. The van der Waals surface area contributed by atoms with Crippen LogP contribution in [0.3, 0.4) is 0 Å². The monoisotopic (exact) mass is 318 g/mol. The Kier molecular flexibility index (Phi) is 3.21. The number of fused-ring (bicyclic) bond motifs is 3. The first-order valence-corrected chi connectivity index (χ1v) is 7.54. The third-order valence-electron chi connectivity index (χ3n) is 4.30. The number of nitriles is 1. The van der Waals surface area contributed by atoms with Crippen molar-refractivity contribution in [1.82, 2.24) is 9.55 Å². The fourth-order valence-corrected chi connectivity index (χ4v) is 3.17. The molecule has 2 heterocycles. The van der Waals surface area contributed by atoms with Crippen LogP contribution in [0.25, 0.3) is 11.0 Å². The summed E-state index contributed by atoms with van der Waals surface area (Å²) in [5.41, 5.74) is 2.53. The number of hydrogen-bond acceptors (Lipinski definition) is 4. The van der Waals surface area contributed by atoms with Crippen LogP contribution in [0.4, 0.5) is 5.95 Å². The predicted molar refractivity (Wildman–Crippen MR) is 88.6 cm³/mol. The second kappa shape index (κ2) is 5.39. The highest BCUT2D eigenvalue weighted by atomic mass is 16.5. The number of hydrogen-bond donors (Lipinski definition) is 1. The summed E-state index contributed by atoms with van der Waals surface area (Å²) in [6.45, 7) is 0. The van der Waals surface area contributed by atoms with E-state index < -0.39 is 12.0 Å². The third kappa shape index (κ3) is 2.02. The number of methoxy groups -OCH3 is 1. The SMILES string of the molecule is COc1ccc(C2C(C#N)C(=O)Nc3nc4ccccc4n32)cc1. The minimum Gasteiger partial charge on any atom is -0.497 e. The zero-order chi connectivity index (χ0) is 16.7. The fourth-order valence-electron chi connectivity index (χ4n) is 3.17. The molecule has 118 valence electrons. The Hall–Kier alpha value is -3.33. The maximum absolute atomic E-state index is 12.4. The van der Waals surface area contributed by atoms with Crippen LogP contribution in [-0.4, -0.2) is 22.6 Å². The molecule has 6 nitrogen and oxygen atoms in total. The first-order valence-electron chi connectivity index (χ1n) is 7.54. The van der Waals surface area contributed by atoms with E-state index in [4.69, 9.17) is 4.74 Å². The van der Waals surface area contributed by atoms with Crippen molar-refractivity contribution in [3.8, 4) is 11.8 Å². The number of anilines is 1. The van der Waals surface area contributed by atoms with Crippen molar-refractivity contribution in [2.45, 2.75) is 6.04 Å². The number of imidazole rings is 1. The first kappa shape index (κ1) is 14.3. The van der Waals surface area contributed by atoms with E-state index >= 15 is 0 Å². The van der Waals surface area contributed by atoms with Crippen molar-refractivity contribution in [1.29, 1.82) is 5.26 Å². The molecule has 1 aliphatic heterocycles. The summed E-state index contributed by atoms with van der Waals surface area (Å²) in [6.07, 6.45) is 0. The molecule has 1 amide bonds. The van der Waals surface area contributed by atoms with Crippen molar-refractivity contribution in [3.63, 3.8) is 0 Å². The quantitative estimate of drug-likeness (QED) is 0.788. The number of ether oxygens (including phenoxy) is 1. The molecule has 2 aromatic carbocycles. The summed E-state index contributed by atoms with van der Waals surface area (Å²) in [5.74, 6) is 0.0291. The van der Waals surface area contributed by atoms with Gasteiger partial charge in [0.05, 0.1) is 30.3 Å². The Balaban J connectivity index is 1.95. The van der Waals surface area contributed by atoms with Gasteiger partial charge in [0.25, 0.3) is 0 Å². The van der Waals surface area contributed by atoms with Gasteiger partial charge in [-0.1, -0.05) is 24.3 Å². The van der Waals surface area contributed by atoms with E-state index in [1.165, 1.54) is 0 Å². The number of nitrogens with one attached hydrogen (secondary N) is 1. The van der Waals surface area contributed by atoms with Crippen molar-refractivity contribution in [3.05, 3.63) is 54.1 Å². The lowest BCUT2D eigenvalue weighted by Gasteiger charge is -2.30. The smallest absolute Gasteiger partial charge is 0.246 e. The average molecular weight is 318 g/mol. The van der Waals surface area contributed by atoms with Gasteiger partial charge in [0.2, 0.25) is 11.9 Å². The molecule has 1 N–H and O–H groups in total. The van der Waals surface area contributed by atoms with E-state index in [1.807, 2.05) is 53.1 Å². The van der Waals surface area contributed by atoms with Gasteiger partial charge >= 0.3 is 0 Å². The summed E-state index contributed by atoms with van der Waals surface area (Å²) < 4.78 is 7.12. The molecule has 3 aromatic rings. The average Bonchev–Trinajstić information content (AvgIpc) is 2.98. The molecule has 0 saturated heterocycles. The Morgan fingerprint density at radius 3 is 2.67 bits per heavy atom. The summed E-state index contributed by atoms with van der Waals surface area (Å²) in [5, 5.41) is 12.3. The van der Waals surface area contributed by atoms with E-state index in [1.54, 1.807) is 7.11 Å². The van der Waals surface area contributed by atoms with E-state index in [9.17, 15) is 10.1 Å². The highest BCUT2D eigenvalue weighted by Crippen LogP contribution is 2.38. The molecule has 2 atom stereocenters. The molecule has 6 heteroatoms. The number of nitrogens with zero attached hydrogens (tertiary/aromatic N) is 3. The highest BCUT2D eigenvalue weighted by molar-refractivity contribution is 5.97. The fraction of sp³-hybridized carbons (Fsp3) is 0.167. The molecule has 0 bridgehead atoms. The molecular formula is C18H14N4O2. The molecular weight excluding hydrogens is 304 g/mol. The van der Waals surface area contributed by atoms with Crippen LogP contribution in [0, 0.1) is 17.2 Å². The zero-order valence-electron chi connectivity index (χ0n) is 12.9. The minimum atomic E-state index is -0.830. The summed E-state index contributed by atoms with van der Waals surface area (Å²) >= 11 is 0. The van der Waals surface area contributed by atoms with E-state index in [-0.39, 0.29) is 5.91 Å². The van der Waals surface area contributed by atoms with Crippen LogP contribution < -0.4 is 10.1 Å². The van der Waals surface area contributed by atoms with Gasteiger partial charge < -0.3 is 9.30 Å². The minimum absolute atomic E-state index is 0.332. The third-order valence-corrected chi connectivity index (χ3v) is 4.30. The second-order valence-corrected chi connectivity index (χ2v) is 5.61. The number of carbonyl (C=O) groups is 1. The predicted octanol–water partition coefficient (Wildman–Crippen LogP) is 2.73. The number of carbonyl (C=O) groups excluding carboxylic acids is 1. The molecule has 1 aliphatic rings. The molecule has 24 heavy (non-hydrogen) atoms. The van der Waals surface area contributed by atoms with Crippen molar-refractivity contribution in [2.24, 2.45) is 5.92 Å². The number of rotatable bonds is 2. The first-order chi connectivity index (χ1) is 11.7. The second-order valence-electron chi connectivity index (χ2n) is 5.61. The van der Waals surface area contributed by atoms with E-state index in [2.05, 4.69) is 16.4 Å². The van der Waals surface area contributed by atoms with Crippen LogP contribution in [0.5, 0.6) is 5.75 Å². The van der Waals surface area contributed by atoms with Crippen LogP contribution >= 0.6 is 0 Å². The standard InChI is InChI=1S/C18H14N4O2/c1-24-12-8-6-11(7-9-12)16-13(10-19)17(23)21-18-20-14-4-2-3-5-15(14)22(16)18/h2-9,13,16H,1H3,(H,20,21,23). The normalized spacial score (nSPS) is 19.4. The van der Waals surface area contributed by atoms with Crippen LogP contribution in [0.15, 0.2) is 48.5 Å². The molecule has 0 saturated carbocycles. The Morgan fingerprint density at radius 1 is 1.21 bits per heavy atom. The van der Waals surface area contributed by atoms with Crippen molar-refractivity contribution in [2.75, 3.05) is 12.4 Å². The van der Waals surface area contributed by atoms with Gasteiger partial charge in [-0.25, -0.2) is 4.98 Å². The number of benzene rings is 2. The van der Waals surface area contributed by atoms with Crippen LogP contribution in [0.2, 0.25) is 0 Å². The van der Waals surface area contributed by atoms with Gasteiger partial charge in [0, 0.05) is 0 Å². The van der Waals surface area contributed by atoms with Gasteiger partial charge in [-0.2, -0.15) is 5.26 Å². The van der Waals surface area contributed by atoms with Gasteiger partial charge in [-0.05, 0) is 29.8 Å². The van der Waals surface area contributed by atoms with Crippen LogP contribution in [-0.2, 0) is 4.79 Å². The van der Waals surface area contributed by atoms with Gasteiger partial charge in [0.1, 0.15) is 5.75 Å². The molecule has 1 aromatic heterocycles. The molecule has 2 unspecified atom stereocenters. The number of aromatic nitrogens is 2. The van der Waals surface area contributed by atoms with Gasteiger partial charge in [0.15, 0.2) is 5.92 Å². The van der Waals surface area contributed by atoms with Crippen molar-refractivity contribution < 1.29 is 9.53 Å². The van der Waals surface area contributed by atoms with Gasteiger partial charge in [-0.3, -0.25) is 10.1 Å². The molecule has 0 spiro atoms. The maximum atomic E-state index is 12.4.